The number of aliphatic carboxylic acids is 1. The number of carbonyl (C=O) groups excluding carboxylic acids is 3. The summed E-state index contributed by atoms with van der Waals surface area (Å²) in [6, 6.07) is 0. The van der Waals surface area contributed by atoms with Gasteiger partial charge in [0.25, 0.3) is 0 Å². The highest BCUT2D eigenvalue weighted by atomic mass is 16.6. The van der Waals surface area contributed by atoms with Gasteiger partial charge >= 0.3 is 23.9 Å². The van der Waals surface area contributed by atoms with Crippen molar-refractivity contribution in [2.45, 2.75) is 91.5 Å². The molecule has 1 aliphatic rings. The van der Waals surface area contributed by atoms with E-state index in [0.29, 0.717) is 17.9 Å². The van der Waals surface area contributed by atoms with Crippen LogP contribution in [0.2, 0.25) is 0 Å². The summed E-state index contributed by atoms with van der Waals surface area (Å²) in [7, 11) is 0. The number of esters is 3. The third-order valence-electron chi connectivity index (χ3n) is 5.00. The Morgan fingerprint density at radius 2 is 1.77 bits per heavy atom. The summed E-state index contributed by atoms with van der Waals surface area (Å²) in [6.07, 6.45) is 3.04. The molecule has 0 fully saturated rings. The Kier molecular flexibility index (Phi) is 11.0. The fourth-order valence-corrected chi connectivity index (χ4v) is 3.17. The highest BCUT2D eigenvalue weighted by Gasteiger charge is 2.42. The maximum Gasteiger partial charge on any atom is 0.333 e. The van der Waals surface area contributed by atoms with Gasteiger partial charge in [0.2, 0.25) is 0 Å². The Hall–Kier alpha value is -2.64. The van der Waals surface area contributed by atoms with Crippen LogP contribution in [0.25, 0.3) is 0 Å². The number of carboxylic acid groups (broad SMARTS) is 1. The van der Waals surface area contributed by atoms with E-state index in [1.807, 2.05) is 0 Å². The maximum atomic E-state index is 12.4. The van der Waals surface area contributed by atoms with Gasteiger partial charge in [0.1, 0.15) is 6.10 Å². The summed E-state index contributed by atoms with van der Waals surface area (Å²) in [5, 5.41) is 9.42. The van der Waals surface area contributed by atoms with Crippen LogP contribution in [0.1, 0.15) is 73.1 Å². The van der Waals surface area contributed by atoms with Crippen molar-refractivity contribution in [3.8, 4) is 0 Å². The normalized spacial score (nSPS) is 21.3. The van der Waals surface area contributed by atoms with Gasteiger partial charge in [-0.15, -0.1) is 0 Å². The SMILES string of the molecule is C/C=C(\C)C(=O)O[C@H]1[C@@H](OC(C)=O)CC(C(=O)O)=C[C@H]1OC(=O)CCCCCC(C)C. The number of ether oxygens (including phenoxy) is 3. The summed E-state index contributed by atoms with van der Waals surface area (Å²) < 4.78 is 16.2. The molecule has 0 unspecified atom stereocenters. The number of carbonyl (C=O) groups is 4. The van der Waals surface area contributed by atoms with Crippen molar-refractivity contribution >= 4 is 23.9 Å². The Labute approximate surface area is 183 Å². The molecular formula is C23H34O8. The minimum absolute atomic E-state index is 0.0731. The molecule has 0 aromatic carbocycles. The van der Waals surface area contributed by atoms with Crippen LogP contribution in [0.15, 0.2) is 23.3 Å². The molecule has 0 spiro atoms. The van der Waals surface area contributed by atoms with E-state index in [4.69, 9.17) is 14.2 Å². The minimum Gasteiger partial charge on any atom is -0.478 e. The highest BCUT2D eigenvalue weighted by molar-refractivity contribution is 5.89. The molecule has 0 aromatic heterocycles. The molecule has 1 N–H and O–H groups in total. The molecule has 3 atom stereocenters. The zero-order valence-electron chi connectivity index (χ0n) is 19.0. The Morgan fingerprint density at radius 3 is 2.32 bits per heavy atom. The van der Waals surface area contributed by atoms with E-state index in [0.717, 1.165) is 19.3 Å². The molecule has 174 valence electrons. The number of hydrogen-bond acceptors (Lipinski definition) is 7. The van der Waals surface area contributed by atoms with Crippen molar-refractivity contribution in [3.63, 3.8) is 0 Å². The van der Waals surface area contributed by atoms with Crippen molar-refractivity contribution < 1.29 is 38.5 Å². The van der Waals surface area contributed by atoms with Crippen molar-refractivity contribution in [1.82, 2.24) is 0 Å². The van der Waals surface area contributed by atoms with Gasteiger partial charge in [-0.1, -0.05) is 39.2 Å². The molecule has 0 heterocycles. The molecule has 0 aromatic rings. The average molecular weight is 439 g/mol. The highest BCUT2D eigenvalue weighted by Crippen LogP contribution is 2.28. The molecule has 31 heavy (non-hydrogen) atoms. The van der Waals surface area contributed by atoms with Crippen LogP contribution in [-0.2, 0) is 33.4 Å². The van der Waals surface area contributed by atoms with Crippen molar-refractivity contribution in [2.75, 3.05) is 0 Å². The summed E-state index contributed by atoms with van der Waals surface area (Å²) in [5.74, 6) is -2.46. The number of carboxylic acids is 1. The van der Waals surface area contributed by atoms with E-state index in [-0.39, 0.29) is 18.4 Å². The molecule has 0 saturated carbocycles. The molecule has 0 bridgehead atoms. The van der Waals surface area contributed by atoms with E-state index in [2.05, 4.69) is 13.8 Å². The topological polar surface area (TPSA) is 116 Å². The lowest BCUT2D eigenvalue weighted by molar-refractivity contribution is -0.180. The standard InChI is InChI=1S/C23H34O8/c1-6-15(4)23(28)31-21-18(29-16(5)24)12-17(22(26)27)13-19(21)30-20(25)11-9-7-8-10-14(2)3/h6,13-14,18-19,21H,7-12H2,1-5H3,(H,26,27)/b15-6+/t18-,19+,21-/m0/s1. The number of rotatable bonds is 11. The zero-order chi connectivity index (χ0) is 23.6. The lowest BCUT2D eigenvalue weighted by atomic mass is 9.91. The average Bonchev–Trinajstić information content (AvgIpc) is 2.68. The van der Waals surface area contributed by atoms with Gasteiger partial charge in [0.15, 0.2) is 12.2 Å². The predicted molar refractivity (Wildman–Crippen MR) is 113 cm³/mol. The molecule has 8 nitrogen and oxygen atoms in total. The molecule has 8 heteroatoms. The monoisotopic (exact) mass is 438 g/mol. The first kappa shape index (κ1) is 26.4. The lowest BCUT2D eigenvalue weighted by Crippen LogP contribution is -2.48. The van der Waals surface area contributed by atoms with E-state index in [9.17, 15) is 24.3 Å². The van der Waals surface area contributed by atoms with E-state index >= 15 is 0 Å². The Morgan fingerprint density at radius 1 is 1.10 bits per heavy atom. The van der Waals surface area contributed by atoms with Crippen molar-refractivity contribution in [2.24, 2.45) is 5.92 Å². The summed E-state index contributed by atoms with van der Waals surface area (Å²) in [6.45, 7) is 8.68. The largest absolute Gasteiger partial charge is 0.478 e. The van der Waals surface area contributed by atoms with Crippen LogP contribution in [0.5, 0.6) is 0 Å². The van der Waals surface area contributed by atoms with Crippen LogP contribution in [0.3, 0.4) is 0 Å². The summed E-state index contributed by atoms with van der Waals surface area (Å²) in [5.41, 5.74) is 0.251. The molecule has 1 rings (SSSR count). The summed E-state index contributed by atoms with van der Waals surface area (Å²) in [4.78, 5) is 47.8. The number of allylic oxidation sites excluding steroid dienone is 1. The van der Waals surface area contributed by atoms with Crippen LogP contribution in [0.4, 0.5) is 0 Å². The minimum atomic E-state index is -1.22. The van der Waals surface area contributed by atoms with Crippen LogP contribution in [0, 0.1) is 5.92 Å². The van der Waals surface area contributed by atoms with Gasteiger partial charge < -0.3 is 19.3 Å². The van der Waals surface area contributed by atoms with E-state index in [1.54, 1.807) is 19.9 Å². The number of unbranched alkanes of at least 4 members (excludes halogenated alkanes) is 2. The van der Waals surface area contributed by atoms with Crippen LogP contribution < -0.4 is 0 Å². The van der Waals surface area contributed by atoms with Gasteiger partial charge in [-0.25, -0.2) is 9.59 Å². The van der Waals surface area contributed by atoms with Gasteiger partial charge in [-0.3, -0.25) is 9.59 Å². The Balaban J connectivity index is 2.97. The van der Waals surface area contributed by atoms with E-state index in [1.165, 1.54) is 13.0 Å². The van der Waals surface area contributed by atoms with Crippen LogP contribution in [-0.4, -0.2) is 47.3 Å². The van der Waals surface area contributed by atoms with Gasteiger partial charge in [0.05, 0.1) is 0 Å². The number of hydrogen-bond donors (Lipinski definition) is 1. The fraction of sp³-hybridized carbons (Fsp3) is 0.652. The quantitative estimate of drug-likeness (QED) is 0.224. The van der Waals surface area contributed by atoms with Crippen LogP contribution >= 0.6 is 0 Å². The predicted octanol–water partition coefficient (Wildman–Crippen LogP) is 3.73. The summed E-state index contributed by atoms with van der Waals surface area (Å²) >= 11 is 0. The smallest absolute Gasteiger partial charge is 0.333 e. The molecule has 1 aliphatic carbocycles. The van der Waals surface area contributed by atoms with E-state index < -0.39 is 42.2 Å². The molecule has 0 radical (unpaired) electrons. The first-order chi connectivity index (χ1) is 14.5. The first-order valence-corrected chi connectivity index (χ1v) is 10.7. The van der Waals surface area contributed by atoms with Gasteiger partial charge in [-0.2, -0.15) is 0 Å². The first-order valence-electron chi connectivity index (χ1n) is 10.7. The Bertz CT molecular complexity index is 719. The molecule has 0 saturated heterocycles. The van der Waals surface area contributed by atoms with Gasteiger partial charge in [-0.05, 0) is 32.3 Å². The second kappa shape index (κ2) is 12.9. The maximum absolute atomic E-state index is 12.4. The molecular weight excluding hydrogens is 404 g/mol. The second-order valence-electron chi connectivity index (χ2n) is 8.14. The lowest BCUT2D eigenvalue weighted by Gasteiger charge is -2.34. The molecule has 0 aliphatic heterocycles. The third-order valence-corrected chi connectivity index (χ3v) is 5.00. The van der Waals surface area contributed by atoms with Crippen molar-refractivity contribution in [3.05, 3.63) is 23.3 Å². The second-order valence-corrected chi connectivity index (χ2v) is 8.14. The fourth-order valence-electron chi connectivity index (χ4n) is 3.17. The zero-order valence-corrected chi connectivity index (χ0v) is 19.0. The van der Waals surface area contributed by atoms with Crippen molar-refractivity contribution in [1.29, 1.82) is 0 Å². The third kappa shape index (κ3) is 9.36. The molecule has 0 amide bonds. The van der Waals surface area contributed by atoms with Gasteiger partial charge in [0, 0.05) is 30.9 Å².